The third kappa shape index (κ3) is 11.6. The lowest BCUT2D eigenvalue weighted by Gasteiger charge is -2.38. The van der Waals surface area contributed by atoms with Gasteiger partial charge in [-0.3, -0.25) is 0 Å². The molecule has 0 saturated heterocycles. The highest BCUT2D eigenvalue weighted by Crippen LogP contribution is 2.42. The second-order valence-corrected chi connectivity index (χ2v) is 13.5. The van der Waals surface area contributed by atoms with E-state index in [1.807, 2.05) is 25.2 Å². The maximum absolute atomic E-state index is 10.1. The van der Waals surface area contributed by atoms with Crippen molar-refractivity contribution in [3.8, 4) is 11.8 Å². The van der Waals surface area contributed by atoms with E-state index < -0.39 is 0 Å². The fourth-order valence-electron chi connectivity index (χ4n) is 5.96. The minimum Gasteiger partial charge on any atom is -0.393 e. The Morgan fingerprint density at radius 1 is 0.786 bits per heavy atom. The summed E-state index contributed by atoms with van der Waals surface area (Å²) in [7, 11) is 0. The van der Waals surface area contributed by atoms with Gasteiger partial charge in [-0.1, -0.05) is 146 Å². The molecule has 2 aliphatic carbocycles. The molecule has 2 nitrogen and oxygen atoms in total. The third-order valence-electron chi connectivity index (χ3n) is 8.10. The molecule has 42 heavy (non-hydrogen) atoms. The molecule has 2 aliphatic rings. The molecule has 2 rings (SSSR count). The molecule has 0 radical (unpaired) electrons. The van der Waals surface area contributed by atoms with Gasteiger partial charge in [-0.15, -0.1) is 0 Å². The van der Waals surface area contributed by atoms with Crippen LogP contribution >= 0.6 is 0 Å². The lowest BCUT2D eigenvalue weighted by molar-refractivity contribution is 0.117. The summed E-state index contributed by atoms with van der Waals surface area (Å²) in [5, 5.41) is 20.1. The predicted octanol–water partition coefficient (Wildman–Crippen LogP) is 9.85. The number of aliphatic hydroxyl groups excluding tert-OH is 2. The molecule has 2 N–H and O–H groups in total. The highest BCUT2D eigenvalue weighted by molar-refractivity contribution is 5.45. The largest absolute Gasteiger partial charge is 0.393 e. The van der Waals surface area contributed by atoms with Crippen molar-refractivity contribution in [1.82, 2.24) is 0 Å². The van der Waals surface area contributed by atoms with E-state index in [9.17, 15) is 10.2 Å². The van der Waals surface area contributed by atoms with Crippen LogP contribution in [-0.4, -0.2) is 22.4 Å². The summed E-state index contributed by atoms with van der Waals surface area (Å²) in [4.78, 5) is 0. The Morgan fingerprint density at radius 3 is 1.90 bits per heavy atom. The van der Waals surface area contributed by atoms with Gasteiger partial charge in [0.2, 0.25) is 0 Å². The van der Waals surface area contributed by atoms with Gasteiger partial charge in [0.05, 0.1) is 12.2 Å². The predicted molar refractivity (Wildman–Crippen MR) is 183 cm³/mol. The average Bonchev–Trinajstić information content (AvgIpc) is 2.84. The molecule has 0 amide bonds. The van der Waals surface area contributed by atoms with E-state index in [4.69, 9.17) is 0 Å². The molecule has 2 heteroatoms. The van der Waals surface area contributed by atoms with Crippen molar-refractivity contribution in [2.45, 2.75) is 101 Å². The molecule has 226 valence electrons. The van der Waals surface area contributed by atoms with E-state index in [2.05, 4.69) is 135 Å². The molecular formula is C40H54O2. The van der Waals surface area contributed by atoms with E-state index in [0.29, 0.717) is 5.92 Å². The zero-order valence-electron chi connectivity index (χ0n) is 27.8. The van der Waals surface area contributed by atoms with Crippen LogP contribution in [0.15, 0.2) is 118 Å². The van der Waals surface area contributed by atoms with Crippen molar-refractivity contribution >= 4 is 0 Å². The number of allylic oxidation sites excluding steroid dienone is 18. The topological polar surface area (TPSA) is 40.5 Å². The first-order chi connectivity index (χ1) is 19.6. The molecule has 0 aromatic rings. The fraction of sp³-hybridized carbons (Fsp3) is 0.450. The van der Waals surface area contributed by atoms with Gasteiger partial charge in [0.1, 0.15) is 0 Å². The van der Waals surface area contributed by atoms with Crippen LogP contribution in [0.25, 0.3) is 0 Å². The maximum Gasteiger partial charge on any atom is 0.0729 e. The highest BCUT2D eigenvalue weighted by Gasteiger charge is 2.34. The molecule has 0 aromatic heterocycles. The summed E-state index contributed by atoms with van der Waals surface area (Å²) >= 11 is 0. The summed E-state index contributed by atoms with van der Waals surface area (Å²) in [6.45, 7) is 21.3. The standard InChI is InChI=1S/C40H54O2/c1-29(17-13-19-31(3)21-23-37-33(5)25-35(41)27-39(37,7)8)15-11-12-16-30(2)18-14-20-32(4)22-24-38-34(6)26-36(42)28-40(38,9)10/h11-21,23,25,35-37,41-42H,26-28H2,1-10H3/b12-11+,17-13?,18-14+,23-21?,29-15?,30-16+,31-19?,32-20+. The van der Waals surface area contributed by atoms with E-state index in [1.165, 1.54) is 27.9 Å². The van der Waals surface area contributed by atoms with Crippen LogP contribution in [0.1, 0.15) is 88.5 Å². The van der Waals surface area contributed by atoms with Gasteiger partial charge in [-0.25, -0.2) is 0 Å². The average molecular weight is 567 g/mol. The van der Waals surface area contributed by atoms with Crippen molar-refractivity contribution in [1.29, 1.82) is 0 Å². The summed E-state index contributed by atoms with van der Waals surface area (Å²) in [5.74, 6) is 7.02. The second-order valence-electron chi connectivity index (χ2n) is 13.5. The maximum atomic E-state index is 10.1. The Morgan fingerprint density at radius 2 is 1.33 bits per heavy atom. The second kappa shape index (κ2) is 15.9. The Labute approximate surface area is 257 Å². The van der Waals surface area contributed by atoms with Gasteiger partial charge in [0, 0.05) is 16.9 Å². The van der Waals surface area contributed by atoms with E-state index in [-0.39, 0.29) is 23.0 Å². The Hall–Kier alpha value is -3.12. The summed E-state index contributed by atoms with van der Waals surface area (Å²) in [6, 6.07) is 0. The molecule has 0 spiro atoms. The normalized spacial score (nSPS) is 26.0. The quantitative estimate of drug-likeness (QED) is 0.174. The van der Waals surface area contributed by atoms with Crippen LogP contribution in [0.4, 0.5) is 0 Å². The van der Waals surface area contributed by atoms with Crippen LogP contribution in [-0.2, 0) is 0 Å². The summed E-state index contributed by atoms with van der Waals surface area (Å²) in [6.07, 6.45) is 29.0. The minimum absolute atomic E-state index is 0.0549. The van der Waals surface area contributed by atoms with Gasteiger partial charge in [-0.05, 0) is 71.8 Å². The van der Waals surface area contributed by atoms with Crippen molar-refractivity contribution in [2.24, 2.45) is 16.7 Å². The Balaban J connectivity index is 1.91. The van der Waals surface area contributed by atoms with Gasteiger partial charge in [-0.2, -0.15) is 0 Å². The zero-order chi connectivity index (χ0) is 31.5. The molecule has 3 atom stereocenters. The molecule has 0 bridgehead atoms. The van der Waals surface area contributed by atoms with Crippen LogP contribution in [0.2, 0.25) is 0 Å². The van der Waals surface area contributed by atoms with Crippen LogP contribution in [0, 0.1) is 28.6 Å². The van der Waals surface area contributed by atoms with Crippen LogP contribution < -0.4 is 0 Å². The van der Waals surface area contributed by atoms with Crippen LogP contribution in [0.5, 0.6) is 0 Å². The smallest absolute Gasteiger partial charge is 0.0729 e. The van der Waals surface area contributed by atoms with Gasteiger partial charge in [0.25, 0.3) is 0 Å². The van der Waals surface area contributed by atoms with Crippen LogP contribution in [0.3, 0.4) is 0 Å². The molecular weight excluding hydrogens is 512 g/mol. The van der Waals surface area contributed by atoms with E-state index in [0.717, 1.165) is 30.4 Å². The first-order valence-corrected chi connectivity index (χ1v) is 15.3. The molecule has 0 aliphatic heterocycles. The summed E-state index contributed by atoms with van der Waals surface area (Å²) < 4.78 is 0. The first kappa shape index (κ1) is 35.1. The molecule has 0 aromatic carbocycles. The monoisotopic (exact) mass is 566 g/mol. The lowest BCUT2D eigenvalue weighted by atomic mass is 9.67. The Bertz CT molecular complexity index is 1330. The van der Waals surface area contributed by atoms with Crippen molar-refractivity contribution in [2.75, 3.05) is 0 Å². The SMILES string of the molecule is CC(C=CC1C(C)=CC(O)CC1(C)C)=CC=CC(C)=C/C=C/C=C(C)/C=C/C=C(\C)C#CC1=C(C)CC(O)CC1(C)C. The van der Waals surface area contributed by atoms with Gasteiger partial charge < -0.3 is 10.2 Å². The Kier molecular flexibility index (Phi) is 13.3. The first-order valence-electron chi connectivity index (χ1n) is 15.3. The third-order valence-corrected chi connectivity index (χ3v) is 8.10. The van der Waals surface area contributed by atoms with Crippen molar-refractivity contribution in [3.63, 3.8) is 0 Å². The van der Waals surface area contributed by atoms with Crippen molar-refractivity contribution in [3.05, 3.63) is 118 Å². The number of aliphatic hydroxyl groups is 2. The van der Waals surface area contributed by atoms with Crippen molar-refractivity contribution < 1.29 is 10.2 Å². The van der Waals surface area contributed by atoms with E-state index in [1.54, 1.807) is 0 Å². The van der Waals surface area contributed by atoms with Gasteiger partial charge in [0.15, 0.2) is 0 Å². The number of hydrogen-bond acceptors (Lipinski definition) is 2. The molecule has 0 heterocycles. The van der Waals surface area contributed by atoms with E-state index >= 15 is 0 Å². The number of rotatable bonds is 8. The molecule has 0 saturated carbocycles. The molecule has 0 fully saturated rings. The number of hydrogen-bond donors (Lipinski definition) is 2. The summed E-state index contributed by atoms with van der Waals surface area (Å²) in [5.41, 5.74) is 8.16. The minimum atomic E-state index is -0.333. The molecule has 3 unspecified atom stereocenters. The van der Waals surface area contributed by atoms with Gasteiger partial charge >= 0.3 is 0 Å². The lowest BCUT2D eigenvalue weighted by Crippen LogP contribution is -2.32. The highest BCUT2D eigenvalue weighted by atomic mass is 16.3. The fourth-order valence-corrected chi connectivity index (χ4v) is 5.96. The zero-order valence-corrected chi connectivity index (χ0v) is 27.8.